The van der Waals surface area contributed by atoms with E-state index in [9.17, 15) is 5.11 Å². The fourth-order valence-electron chi connectivity index (χ4n) is 2.17. The SMILES string of the molecule is NCC1(Cc2cccc(O)c2)CCCS1. The van der Waals surface area contributed by atoms with Gasteiger partial charge in [0.15, 0.2) is 0 Å². The molecule has 2 nitrogen and oxygen atoms in total. The van der Waals surface area contributed by atoms with E-state index < -0.39 is 0 Å². The summed E-state index contributed by atoms with van der Waals surface area (Å²) < 4.78 is 0.216. The van der Waals surface area contributed by atoms with Crippen molar-refractivity contribution in [3.8, 4) is 5.75 Å². The molecule has 1 aliphatic heterocycles. The third kappa shape index (κ3) is 2.47. The zero-order chi connectivity index (χ0) is 10.7. The average Bonchev–Trinajstić information content (AvgIpc) is 2.67. The van der Waals surface area contributed by atoms with Gasteiger partial charge in [0.2, 0.25) is 0 Å². The zero-order valence-corrected chi connectivity index (χ0v) is 9.59. The van der Waals surface area contributed by atoms with Crippen molar-refractivity contribution in [1.82, 2.24) is 0 Å². The van der Waals surface area contributed by atoms with E-state index in [1.54, 1.807) is 6.07 Å². The lowest BCUT2D eigenvalue weighted by atomic mass is 9.94. The van der Waals surface area contributed by atoms with E-state index >= 15 is 0 Å². The van der Waals surface area contributed by atoms with Crippen LogP contribution in [0.2, 0.25) is 0 Å². The summed E-state index contributed by atoms with van der Waals surface area (Å²) in [6, 6.07) is 7.52. The molecular weight excluding hydrogens is 206 g/mol. The van der Waals surface area contributed by atoms with Gasteiger partial charge >= 0.3 is 0 Å². The lowest BCUT2D eigenvalue weighted by Gasteiger charge is -2.26. The van der Waals surface area contributed by atoms with Gasteiger partial charge in [-0.1, -0.05) is 12.1 Å². The van der Waals surface area contributed by atoms with Crippen LogP contribution in [0.25, 0.3) is 0 Å². The normalized spacial score (nSPS) is 25.7. The second kappa shape index (κ2) is 4.45. The molecule has 0 aliphatic carbocycles. The van der Waals surface area contributed by atoms with Crippen molar-refractivity contribution in [3.05, 3.63) is 29.8 Å². The number of phenols is 1. The van der Waals surface area contributed by atoms with Gasteiger partial charge in [-0.15, -0.1) is 0 Å². The molecule has 1 saturated heterocycles. The van der Waals surface area contributed by atoms with E-state index in [-0.39, 0.29) is 4.75 Å². The van der Waals surface area contributed by atoms with E-state index in [2.05, 4.69) is 6.07 Å². The molecule has 0 radical (unpaired) electrons. The summed E-state index contributed by atoms with van der Waals surface area (Å²) in [6.07, 6.45) is 3.44. The maximum atomic E-state index is 9.41. The van der Waals surface area contributed by atoms with Crippen molar-refractivity contribution in [1.29, 1.82) is 0 Å². The minimum atomic E-state index is 0.216. The summed E-state index contributed by atoms with van der Waals surface area (Å²) in [6.45, 7) is 0.729. The number of benzene rings is 1. The highest BCUT2D eigenvalue weighted by atomic mass is 32.2. The monoisotopic (exact) mass is 223 g/mol. The van der Waals surface area contributed by atoms with E-state index in [0.29, 0.717) is 5.75 Å². The van der Waals surface area contributed by atoms with Gasteiger partial charge in [-0.25, -0.2) is 0 Å². The fraction of sp³-hybridized carbons (Fsp3) is 0.500. The van der Waals surface area contributed by atoms with Crippen molar-refractivity contribution in [2.45, 2.75) is 24.0 Å². The average molecular weight is 223 g/mol. The first-order chi connectivity index (χ1) is 7.24. The van der Waals surface area contributed by atoms with Gasteiger partial charge < -0.3 is 10.8 Å². The van der Waals surface area contributed by atoms with E-state index in [1.807, 2.05) is 23.9 Å². The van der Waals surface area contributed by atoms with Gasteiger partial charge in [0.05, 0.1) is 0 Å². The highest BCUT2D eigenvalue weighted by molar-refractivity contribution is 8.00. The molecule has 2 rings (SSSR count). The van der Waals surface area contributed by atoms with E-state index in [0.717, 1.165) is 13.0 Å². The van der Waals surface area contributed by atoms with Gasteiger partial charge in [-0.05, 0) is 42.7 Å². The van der Waals surface area contributed by atoms with Crippen molar-refractivity contribution in [2.75, 3.05) is 12.3 Å². The van der Waals surface area contributed by atoms with Crippen LogP contribution in [0.1, 0.15) is 18.4 Å². The van der Waals surface area contributed by atoms with Crippen LogP contribution >= 0.6 is 11.8 Å². The van der Waals surface area contributed by atoms with Crippen LogP contribution in [-0.4, -0.2) is 22.2 Å². The van der Waals surface area contributed by atoms with Gasteiger partial charge in [-0.3, -0.25) is 0 Å². The third-order valence-corrected chi connectivity index (χ3v) is 4.61. The Morgan fingerprint density at radius 2 is 2.33 bits per heavy atom. The van der Waals surface area contributed by atoms with Gasteiger partial charge in [0, 0.05) is 11.3 Å². The van der Waals surface area contributed by atoms with Gasteiger partial charge in [0.25, 0.3) is 0 Å². The van der Waals surface area contributed by atoms with Crippen LogP contribution < -0.4 is 5.73 Å². The molecule has 15 heavy (non-hydrogen) atoms. The number of hydrogen-bond donors (Lipinski definition) is 2. The lowest BCUT2D eigenvalue weighted by Crippen LogP contribution is -2.34. The summed E-state index contributed by atoms with van der Waals surface area (Å²) in [5.74, 6) is 1.57. The first kappa shape index (κ1) is 10.8. The van der Waals surface area contributed by atoms with Crippen molar-refractivity contribution in [2.24, 2.45) is 5.73 Å². The Kier molecular flexibility index (Phi) is 3.22. The second-order valence-electron chi connectivity index (χ2n) is 4.19. The first-order valence-corrected chi connectivity index (χ1v) is 6.35. The first-order valence-electron chi connectivity index (χ1n) is 5.36. The second-order valence-corrected chi connectivity index (χ2v) is 5.75. The minimum absolute atomic E-state index is 0.216. The van der Waals surface area contributed by atoms with Crippen molar-refractivity contribution >= 4 is 11.8 Å². The maximum Gasteiger partial charge on any atom is 0.115 e. The molecule has 1 unspecified atom stereocenters. The molecule has 1 aliphatic rings. The van der Waals surface area contributed by atoms with E-state index in [4.69, 9.17) is 5.73 Å². The Morgan fingerprint density at radius 1 is 1.47 bits per heavy atom. The number of nitrogens with two attached hydrogens (primary N) is 1. The lowest BCUT2D eigenvalue weighted by molar-refractivity contribution is 0.473. The van der Waals surface area contributed by atoms with Crippen LogP contribution in [0.4, 0.5) is 0 Å². The number of thioether (sulfide) groups is 1. The quantitative estimate of drug-likeness (QED) is 0.825. The number of aromatic hydroxyl groups is 1. The zero-order valence-electron chi connectivity index (χ0n) is 8.78. The molecule has 0 amide bonds. The number of phenolic OH excluding ortho intramolecular Hbond substituents is 1. The molecule has 0 bridgehead atoms. The Bertz CT molecular complexity index is 334. The van der Waals surface area contributed by atoms with Crippen molar-refractivity contribution < 1.29 is 5.11 Å². The summed E-state index contributed by atoms with van der Waals surface area (Å²) in [7, 11) is 0. The largest absolute Gasteiger partial charge is 0.508 e. The highest BCUT2D eigenvalue weighted by Gasteiger charge is 2.33. The summed E-state index contributed by atoms with van der Waals surface area (Å²) >= 11 is 1.98. The Balaban J connectivity index is 2.12. The minimum Gasteiger partial charge on any atom is -0.508 e. The molecule has 82 valence electrons. The molecule has 1 atom stereocenters. The molecule has 0 spiro atoms. The van der Waals surface area contributed by atoms with E-state index in [1.165, 1.54) is 24.2 Å². The van der Waals surface area contributed by atoms with Crippen molar-refractivity contribution in [3.63, 3.8) is 0 Å². The predicted octanol–water partition coefficient (Wildman–Crippen LogP) is 2.16. The molecule has 0 aromatic heterocycles. The summed E-state index contributed by atoms with van der Waals surface area (Å²) in [4.78, 5) is 0. The van der Waals surface area contributed by atoms with Crippen LogP contribution in [0.5, 0.6) is 5.75 Å². The standard InChI is InChI=1S/C12H17NOS/c13-9-12(5-2-6-15-12)8-10-3-1-4-11(14)7-10/h1,3-4,7,14H,2,5-6,8-9,13H2. The number of hydrogen-bond acceptors (Lipinski definition) is 3. The molecule has 1 heterocycles. The van der Waals surface area contributed by atoms with Gasteiger partial charge in [0.1, 0.15) is 5.75 Å². The molecular formula is C12H17NOS. The molecule has 3 N–H and O–H groups in total. The van der Waals surface area contributed by atoms with Crippen LogP contribution in [-0.2, 0) is 6.42 Å². The summed E-state index contributed by atoms with van der Waals surface area (Å²) in [5.41, 5.74) is 7.06. The predicted molar refractivity (Wildman–Crippen MR) is 65.3 cm³/mol. The summed E-state index contributed by atoms with van der Waals surface area (Å²) in [5, 5.41) is 9.41. The molecule has 1 aromatic carbocycles. The number of rotatable bonds is 3. The Hall–Kier alpha value is -0.670. The van der Waals surface area contributed by atoms with Crippen LogP contribution in [0.15, 0.2) is 24.3 Å². The Morgan fingerprint density at radius 3 is 2.93 bits per heavy atom. The van der Waals surface area contributed by atoms with Crippen LogP contribution in [0, 0.1) is 0 Å². The topological polar surface area (TPSA) is 46.2 Å². The molecule has 0 saturated carbocycles. The molecule has 1 fully saturated rings. The molecule has 1 aromatic rings. The maximum absolute atomic E-state index is 9.41. The Labute approximate surface area is 94.9 Å². The third-order valence-electron chi connectivity index (χ3n) is 2.99. The molecule has 3 heteroatoms. The fourth-order valence-corrected chi connectivity index (χ4v) is 3.56. The van der Waals surface area contributed by atoms with Crippen LogP contribution in [0.3, 0.4) is 0 Å². The van der Waals surface area contributed by atoms with Gasteiger partial charge in [-0.2, -0.15) is 11.8 Å². The highest BCUT2D eigenvalue weighted by Crippen LogP contribution is 2.40. The smallest absolute Gasteiger partial charge is 0.115 e.